The number of unbranched alkanes of at least 4 members (excludes halogenated alkanes) is 14. The number of hydrogen-bond acceptors (Lipinski definition) is 6. The number of carbonyl (C=O) groups is 1. The van der Waals surface area contributed by atoms with Gasteiger partial charge in [0.05, 0.1) is 16.3 Å². The van der Waals surface area contributed by atoms with Gasteiger partial charge in [-0.2, -0.15) is 13.5 Å². The summed E-state index contributed by atoms with van der Waals surface area (Å²) < 4.78 is 37.8. The van der Waals surface area contributed by atoms with Gasteiger partial charge in [0.15, 0.2) is 0 Å². The second-order valence-electron chi connectivity index (χ2n) is 11.0. The highest BCUT2D eigenvalue weighted by atomic mass is 32.2. The highest BCUT2D eigenvalue weighted by molar-refractivity contribution is 7.85. The fraction of sp³-hybridized carbons (Fsp3) is 0.500. The van der Waals surface area contributed by atoms with Gasteiger partial charge in [-0.15, -0.1) is 5.11 Å². The summed E-state index contributed by atoms with van der Waals surface area (Å²) in [5.74, 6) is 0.232. The maximum absolute atomic E-state index is 12.6. The van der Waals surface area contributed by atoms with Crippen molar-refractivity contribution in [2.24, 2.45) is 10.2 Å². The minimum Gasteiger partial charge on any atom is -0.426 e. The Labute approximate surface area is 251 Å². The number of esters is 1. The molecule has 3 aromatic carbocycles. The van der Waals surface area contributed by atoms with Gasteiger partial charge >= 0.3 is 5.97 Å². The molecule has 42 heavy (non-hydrogen) atoms. The van der Waals surface area contributed by atoms with E-state index in [1.807, 2.05) is 24.3 Å². The molecule has 0 aliphatic heterocycles. The summed E-state index contributed by atoms with van der Waals surface area (Å²) in [6.45, 7) is 2.26. The van der Waals surface area contributed by atoms with Crippen molar-refractivity contribution in [1.82, 2.24) is 0 Å². The first-order valence-electron chi connectivity index (χ1n) is 15.6. The van der Waals surface area contributed by atoms with Crippen molar-refractivity contribution in [3.8, 4) is 5.75 Å². The average Bonchev–Trinajstić information content (AvgIpc) is 2.98. The van der Waals surface area contributed by atoms with E-state index in [0.717, 1.165) is 30.0 Å². The van der Waals surface area contributed by atoms with Crippen LogP contribution in [0.15, 0.2) is 75.8 Å². The lowest BCUT2D eigenvalue weighted by molar-refractivity contribution is -0.134. The fourth-order valence-corrected chi connectivity index (χ4v) is 5.58. The molecule has 3 aromatic rings. The zero-order chi connectivity index (χ0) is 30.0. The van der Waals surface area contributed by atoms with Crippen LogP contribution in [0.5, 0.6) is 5.75 Å². The summed E-state index contributed by atoms with van der Waals surface area (Å²) in [6, 6.07) is 16.5. The van der Waals surface area contributed by atoms with Crippen LogP contribution in [0.2, 0.25) is 0 Å². The van der Waals surface area contributed by atoms with Crippen LogP contribution in [0.1, 0.15) is 110 Å². The molecule has 7 nitrogen and oxygen atoms in total. The molecule has 8 heteroatoms. The molecule has 0 aliphatic rings. The average molecular weight is 595 g/mol. The Hall–Kier alpha value is -3.10. The minimum atomic E-state index is -4.33. The van der Waals surface area contributed by atoms with Crippen LogP contribution < -0.4 is 4.74 Å². The number of ether oxygens (including phenoxy) is 1. The molecule has 228 valence electrons. The van der Waals surface area contributed by atoms with Crippen molar-refractivity contribution in [1.29, 1.82) is 0 Å². The number of hydrogen-bond donors (Lipinski definition) is 1. The van der Waals surface area contributed by atoms with E-state index < -0.39 is 10.1 Å². The van der Waals surface area contributed by atoms with E-state index in [0.29, 0.717) is 17.9 Å². The molecular weight excluding hydrogens is 548 g/mol. The highest BCUT2D eigenvalue weighted by Crippen LogP contribution is 2.34. The third-order valence-corrected chi connectivity index (χ3v) is 8.31. The summed E-state index contributed by atoms with van der Waals surface area (Å²) in [4.78, 5) is 12.3. The lowest BCUT2D eigenvalue weighted by Gasteiger charge is -2.09. The SMILES string of the molecule is CCCCCCCCCCCCCCCCCC(=O)Oc1ccc(N=Nc2cccc(S(=O)(=O)O)c2)c2ccccc12. The van der Waals surface area contributed by atoms with Crippen molar-refractivity contribution in [2.75, 3.05) is 0 Å². The Balaban J connectivity index is 1.38. The van der Waals surface area contributed by atoms with Crippen molar-refractivity contribution >= 4 is 38.2 Å². The molecule has 0 unspecified atom stereocenters. The topological polar surface area (TPSA) is 105 Å². The predicted molar refractivity (Wildman–Crippen MR) is 170 cm³/mol. The van der Waals surface area contributed by atoms with Gasteiger partial charge in [-0.3, -0.25) is 9.35 Å². The van der Waals surface area contributed by atoms with E-state index >= 15 is 0 Å². The molecule has 0 atom stereocenters. The zero-order valence-electron chi connectivity index (χ0n) is 25.0. The number of carbonyl (C=O) groups excluding carboxylic acids is 1. The number of benzene rings is 3. The standard InChI is InChI=1S/C34H46N2O5S/c1-2-3-4-5-6-7-8-9-10-11-12-13-14-15-16-24-34(37)41-33-26-25-32(30-22-17-18-23-31(30)33)36-35-28-20-19-21-29(27-28)42(38,39)40/h17-23,25-27H,2-16,24H2,1H3,(H,38,39,40). The molecular formula is C34H46N2O5S. The van der Waals surface area contributed by atoms with Crippen molar-refractivity contribution in [2.45, 2.75) is 115 Å². The molecule has 0 saturated carbocycles. The Kier molecular flexibility index (Phi) is 14.7. The van der Waals surface area contributed by atoms with E-state index in [1.54, 1.807) is 18.2 Å². The Morgan fingerprint density at radius 1 is 0.690 bits per heavy atom. The lowest BCUT2D eigenvalue weighted by Crippen LogP contribution is -2.07. The van der Waals surface area contributed by atoms with Gasteiger partial charge in [0.25, 0.3) is 10.1 Å². The van der Waals surface area contributed by atoms with Gasteiger partial charge in [0, 0.05) is 17.2 Å². The van der Waals surface area contributed by atoms with Crippen LogP contribution in [0.25, 0.3) is 10.8 Å². The summed E-state index contributed by atoms with van der Waals surface area (Å²) in [7, 11) is -4.33. The monoisotopic (exact) mass is 594 g/mol. The molecule has 0 bridgehead atoms. The number of azo groups is 1. The molecule has 0 amide bonds. The van der Waals surface area contributed by atoms with E-state index in [4.69, 9.17) is 4.74 Å². The van der Waals surface area contributed by atoms with Crippen LogP contribution >= 0.6 is 0 Å². The van der Waals surface area contributed by atoms with E-state index in [-0.39, 0.29) is 16.6 Å². The van der Waals surface area contributed by atoms with Gasteiger partial charge in [-0.25, -0.2) is 0 Å². The third-order valence-electron chi connectivity index (χ3n) is 7.46. The van der Waals surface area contributed by atoms with Gasteiger partial charge in [0.2, 0.25) is 0 Å². The summed E-state index contributed by atoms with van der Waals surface area (Å²) in [5, 5.41) is 9.91. The highest BCUT2D eigenvalue weighted by Gasteiger charge is 2.12. The van der Waals surface area contributed by atoms with E-state index in [2.05, 4.69) is 17.2 Å². The van der Waals surface area contributed by atoms with E-state index in [9.17, 15) is 17.8 Å². The Bertz CT molecular complexity index is 1390. The van der Waals surface area contributed by atoms with Gasteiger partial charge in [-0.05, 0) is 36.8 Å². The number of nitrogens with zero attached hydrogens (tertiary/aromatic N) is 2. The molecule has 0 radical (unpaired) electrons. The Morgan fingerprint density at radius 3 is 1.86 bits per heavy atom. The summed E-state index contributed by atoms with van der Waals surface area (Å²) >= 11 is 0. The Morgan fingerprint density at radius 2 is 1.26 bits per heavy atom. The van der Waals surface area contributed by atoms with Gasteiger partial charge in [0.1, 0.15) is 5.75 Å². The van der Waals surface area contributed by atoms with E-state index in [1.165, 1.54) is 95.2 Å². The molecule has 0 fully saturated rings. The molecule has 0 spiro atoms. The largest absolute Gasteiger partial charge is 0.426 e. The predicted octanol–water partition coefficient (Wildman–Crippen LogP) is 10.7. The second kappa shape index (κ2) is 18.4. The lowest BCUT2D eigenvalue weighted by atomic mass is 10.0. The number of fused-ring (bicyclic) bond motifs is 1. The third kappa shape index (κ3) is 12.0. The van der Waals surface area contributed by atoms with Crippen LogP contribution in [-0.4, -0.2) is 18.9 Å². The van der Waals surface area contributed by atoms with Gasteiger partial charge < -0.3 is 4.74 Å². The van der Waals surface area contributed by atoms with Crippen LogP contribution in [0.4, 0.5) is 11.4 Å². The van der Waals surface area contributed by atoms with Crippen LogP contribution in [0, 0.1) is 0 Å². The molecule has 3 rings (SSSR count). The van der Waals surface area contributed by atoms with Crippen LogP contribution in [0.3, 0.4) is 0 Å². The van der Waals surface area contributed by atoms with Crippen molar-refractivity contribution in [3.05, 3.63) is 60.7 Å². The van der Waals surface area contributed by atoms with Gasteiger partial charge in [-0.1, -0.05) is 127 Å². The first-order valence-corrected chi connectivity index (χ1v) is 17.0. The molecule has 0 aromatic heterocycles. The first-order chi connectivity index (χ1) is 20.4. The second-order valence-corrected chi connectivity index (χ2v) is 12.4. The smallest absolute Gasteiger partial charge is 0.311 e. The minimum absolute atomic E-state index is 0.244. The normalized spacial score (nSPS) is 11.9. The van der Waals surface area contributed by atoms with Crippen LogP contribution in [-0.2, 0) is 14.9 Å². The maximum Gasteiger partial charge on any atom is 0.311 e. The maximum atomic E-state index is 12.6. The summed E-state index contributed by atoms with van der Waals surface area (Å²) in [5.41, 5.74) is 0.832. The quantitative estimate of drug-likeness (QED) is 0.0460. The molecule has 0 saturated heterocycles. The summed E-state index contributed by atoms with van der Waals surface area (Å²) in [6.07, 6.45) is 19.6. The van der Waals surface area contributed by atoms with Crippen molar-refractivity contribution in [3.63, 3.8) is 0 Å². The molecule has 0 aliphatic carbocycles. The fourth-order valence-electron chi connectivity index (χ4n) is 5.06. The first kappa shape index (κ1) is 33.4. The van der Waals surface area contributed by atoms with Crippen molar-refractivity contribution < 1.29 is 22.5 Å². The molecule has 0 heterocycles. The zero-order valence-corrected chi connectivity index (χ0v) is 25.8. The molecule has 1 N–H and O–H groups in total. The number of rotatable bonds is 20.